The van der Waals surface area contributed by atoms with Crippen molar-refractivity contribution in [1.82, 2.24) is 9.97 Å². The number of hydrogen-bond donors (Lipinski definition) is 2. The first kappa shape index (κ1) is 14.3. The summed E-state index contributed by atoms with van der Waals surface area (Å²) in [5.41, 5.74) is 1.46. The first-order valence-electron chi connectivity index (χ1n) is 7.18. The van der Waals surface area contributed by atoms with E-state index >= 15 is 0 Å². The minimum atomic E-state index is -0.248. The van der Waals surface area contributed by atoms with Crippen LogP contribution in [-0.2, 0) is 0 Å². The van der Waals surface area contributed by atoms with E-state index in [0.29, 0.717) is 10.8 Å². The predicted octanol–water partition coefficient (Wildman–Crippen LogP) is 3.51. The molecule has 1 aromatic heterocycles. The van der Waals surface area contributed by atoms with Crippen molar-refractivity contribution in [1.29, 1.82) is 0 Å². The molecule has 0 radical (unpaired) electrons. The second-order valence-electron chi connectivity index (χ2n) is 5.57. The van der Waals surface area contributed by atoms with Crippen LogP contribution < -0.4 is 5.32 Å². The van der Waals surface area contributed by atoms with E-state index in [9.17, 15) is 5.11 Å². The lowest BCUT2D eigenvalue weighted by atomic mass is 9.99. The summed E-state index contributed by atoms with van der Waals surface area (Å²) >= 11 is 6.02. The Labute approximate surface area is 129 Å². The topological polar surface area (TPSA) is 58.0 Å². The Morgan fingerprint density at radius 2 is 2.05 bits per heavy atom. The molecule has 110 valence electrons. The smallest absolute Gasteiger partial charge is 0.145 e. The Morgan fingerprint density at radius 1 is 1.24 bits per heavy atom. The number of aliphatic hydroxyl groups excluding tert-OH is 1. The third kappa shape index (κ3) is 3.17. The maximum Gasteiger partial charge on any atom is 0.145 e. The van der Waals surface area contributed by atoms with E-state index in [2.05, 4.69) is 15.3 Å². The van der Waals surface area contributed by atoms with Crippen molar-refractivity contribution in [2.75, 3.05) is 11.9 Å². The largest absolute Gasteiger partial charge is 0.394 e. The molecule has 1 heterocycles. The van der Waals surface area contributed by atoms with E-state index in [1.54, 1.807) is 12.4 Å². The molecule has 21 heavy (non-hydrogen) atoms. The van der Waals surface area contributed by atoms with Gasteiger partial charge in [-0.05, 0) is 25.0 Å². The fourth-order valence-corrected chi connectivity index (χ4v) is 3.05. The molecule has 1 fully saturated rings. The number of halogens is 1. The quantitative estimate of drug-likeness (QED) is 0.907. The summed E-state index contributed by atoms with van der Waals surface area (Å²) in [5, 5.41) is 13.7. The van der Waals surface area contributed by atoms with Gasteiger partial charge in [-0.3, -0.25) is 4.98 Å². The van der Waals surface area contributed by atoms with Gasteiger partial charge in [0.2, 0.25) is 0 Å². The highest BCUT2D eigenvalue weighted by atomic mass is 35.5. The van der Waals surface area contributed by atoms with Crippen molar-refractivity contribution in [2.24, 2.45) is 0 Å². The molecule has 0 amide bonds. The maximum absolute atomic E-state index is 9.67. The molecule has 1 aliphatic rings. The monoisotopic (exact) mass is 303 g/mol. The zero-order valence-corrected chi connectivity index (χ0v) is 12.5. The molecule has 0 saturated heterocycles. The molecular formula is C16H18ClN3O. The molecule has 2 aromatic rings. The molecule has 1 aliphatic carbocycles. The fraction of sp³-hybridized carbons (Fsp3) is 0.375. The maximum atomic E-state index is 9.67. The average Bonchev–Trinajstić information content (AvgIpc) is 2.97. The number of benzene rings is 1. The van der Waals surface area contributed by atoms with Crippen LogP contribution >= 0.6 is 11.6 Å². The molecular weight excluding hydrogens is 286 g/mol. The predicted molar refractivity (Wildman–Crippen MR) is 84.4 cm³/mol. The van der Waals surface area contributed by atoms with Crippen LogP contribution in [0.2, 0.25) is 5.02 Å². The highest BCUT2D eigenvalue weighted by Crippen LogP contribution is 2.32. The first-order chi connectivity index (χ1) is 10.2. The van der Waals surface area contributed by atoms with E-state index in [0.717, 1.165) is 36.9 Å². The van der Waals surface area contributed by atoms with Gasteiger partial charge in [0.1, 0.15) is 5.82 Å². The van der Waals surface area contributed by atoms with Crippen LogP contribution in [0.4, 0.5) is 5.82 Å². The van der Waals surface area contributed by atoms with Crippen molar-refractivity contribution >= 4 is 17.4 Å². The van der Waals surface area contributed by atoms with Gasteiger partial charge in [0.25, 0.3) is 0 Å². The number of aliphatic hydroxyl groups is 1. The summed E-state index contributed by atoms with van der Waals surface area (Å²) in [4.78, 5) is 8.85. The second kappa shape index (κ2) is 6.00. The van der Waals surface area contributed by atoms with Crippen molar-refractivity contribution < 1.29 is 5.11 Å². The average molecular weight is 304 g/mol. The van der Waals surface area contributed by atoms with Crippen LogP contribution in [0.1, 0.15) is 25.7 Å². The standard InChI is InChI=1S/C16H18ClN3O/c17-13-5-3-4-12(8-13)14-9-18-10-15(19-14)20-16(11-21)6-1-2-7-16/h3-5,8-10,21H,1-2,6-7,11H2,(H,19,20). The van der Waals surface area contributed by atoms with Crippen LogP contribution in [0, 0.1) is 0 Å². The van der Waals surface area contributed by atoms with E-state index in [-0.39, 0.29) is 12.1 Å². The summed E-state index contributed by atoms with van der Waals surface area (Å²) in [6, 6.07) is 7.55. The van der Waals surface area contributed by atoms with Gasteiger partial charge in [-0.15, -0.1) is 0 Å². The lowest BCUT2D eigenvalue weighted by molar-refractivity contribution is 0.214. The SMILES string of the molecule is OCC1(Nc2cncc(-c3cccc(Cl)c3)n2)CCCC1. The lowest BCUT2D eigenvalue weighted by Crippen LogP contribution is -2.39. The lowest BCUT2D eigenvalue weighted by Gasteiger charge is -2.28. The summed E-state index contributed by atoms with van der Waals surface area (Å²) in [5.74, 6) is 0.698. The van der Waals surface area contributed by atoms with Crippen molar-refractivity contribution in [3.05, 3.63) is 41.7 Å². The molecule has 0 bridgehead atoms. The molecule has 0 aliphatic heterocycles. The van der Waals surface area contributed by atoms with Gasteiger partial charge in [0.15, 0.2) is 0 Å². The summed E-state index contributed by atoms with van der Waals surface area (Å²) in [6.45, 7) is 0.121. The highest BCUT2D eigenvalue weighted by Gasteiger charge is 2.33. The number of aromatic nitrogens is 2. The summed E-state index contributed by atoms with van der Waals surface area (Å²) in [7, 11) is 0. The van der Waals surface area contributed by atoms with Crippen LogP contribution in [0.25, 0.3) is 11.3 Å². The Hall–Kier alpha value is -1.65. The van der Waals surface area contributed by atoms with Crippen molar-refractivity contribution in [3.63, 3.8) is 0 Å². The van der Waals surface area contributed by atoms with Crippen LogP contribution in [0.5, 0.6) is 0 Å². The van der Waals surface area contributed by atoms with Gasteiger partial charge in [-0.2, -0.15) is 0 Å². The molecule has 0 spiro atoms. The van der Waals surface area contributed by atoms with E-state index < -0.39 is 0 Å². The summed E-state index contributed by atoms with van der Waals surface area (Å²) in [6.07, 6.45) is 7.62. The van der Waals surface area contributed by atoms with Gasteiger partial charge >= 0.3 is 0 Å². The first-order valence-corrected chi connectivity index (χ1v) is 7.56. The molecule has 1 aromatic carbocycles. The molecule has 5 heteroatoms. The number of nitrogens with zero attached hydrogens (tertiary/aromatic N) is 2. The molecule has 2 N–H and O–H groups in total. The molecule has 1 saturated carbocycles. The van der Waals surface area contributed by atoms with Crippen LogP contribution in [0.3, 0.4) is 0 Å². The minimum absolute atomic E-state index is 0.121. The summed E-state index contributed by atoms with van der Waals surface area (Å²) < 4.78 is 0. The van der Waals surface area contributed by atoms with Crippen LogP contribution in [-0.4, -0.2) is 27.2 Å². The van der Waals surface area contributed by atoms with Gasteiger partial charge < -0.3 is 10.4 Å². The number of nitrogens with one attached hydrogen (secondary N) is 1. The Kier molecular flexibility index (Phi) is 4.08. The Balaban J connectivity index is 1.86. The Morgan fingerprint density at radius 3 is 2.76 bits per heavy atom. The Bertz CT molecular complexity index is 626. The third-order valence-corrected chi connectivity index (χ3v) is 4.25. The van der Waals surface area contributed by atoms with E-state index in [4.69, 9.17) is 11.6 Å². The van der Waals surface area contributed by atoms with Gasteiger partial charge in [-0.1, -0.05) is 36.6 Å². The molecule has 4 nitrogen and oxygen atoms in total. The zero-order chi connectivity index (χ0) is 14.7. The fourth-order valence-electron chi connectivity index (χ4n) is 2.86. The number of hydrogen-bond acceptors (Lipinski definition) is 4. The van der Waals surface area contributed by atoms with Crippen molar-refractivity contribution in [3.8, 4) is 11.3 Å². The van der Waals surface area contributed by atoms with Crippen molar-refractivity contribution in [2.45, 2.75) is 31.2 Å². The van der Waals surface area contributed by atoms with E-state index in [1.165, 1.54) is 0 Å². The minimum Gasteiger partial charge on any atom is -0.394 e. The highest BCUT2D eigenvalue weighted by molar-refractivity contribution is 6.30. The molecule has 0 atom stereocenters. The normalized spacial score (nSPS) is 16.9. The molecule has 3 rings (SSSR count). The van der Waals surface area contributed by atoms with Gasteiger partial charge in [0.05, 0.1) is 30.2 Å². The van der Waals surface area contributed by atoms with Crippen LogP contribution in [0.15, 0.2) is 36.7 Å². The third-order valence-electron chi connectivity index (χ3n) is 4.01. The van der Waals surface area contributed by atoms with Gasteiger partial charge in [-0.25, -0.2) is 4.98 Å². The second-order valence-corrected chi connectivity index (χ2v) is 6.01. The number of anilines is 1. The van der Waals surface area contributed by atoms with E-state index in [1.807, 2.05) is 24.3 Å². The van der Waals surface area contributed by atoms with Gasteiger partial charge in [0, 0.05) is 10.6 Å². The molecule has 0 unspecified atom stereocenters. The zero-order valence-electron chi connectivity index (χ0n) is 11.7. The number of rotatable bonds is 4.